The van der Waals surface area contributed by atoms with Crippen LogP contribution in [-0.2, 0) is 17.6 Å². The molecule has 8 nitrogen and oxygen atoms in total. The number of nitrogens with zero attached hydrogens (tertiary/aromatic N) is 4. The maximum Gasteiger partial charge on any atom is 0.227 e. The van der Waals surface area contributed by atoms with Crippen molar-refractivity contribution in [3.05, 3.63) is 48.0 Å². The van der Waals surface area contributed by atoms with Crippen molar-refractivity contribution in [2.45, 2.75) is 12.8 Å². The maximum atomic E-state index is 5.42. The highest BCUT2D eigenvalue weighted by atomic mass is 16.5. The van der Waals surface area contributed by atoms with Crippen LogP contribution in [0.2, 0.25) is 0 Å². The average molecular weight is 396 g/mol. The molecule has 0 amide bonds. The van der Waals surface area contributed by atoms with Crippen molar-refractivity contribution in [2.24, 2.45) is 0 Å². The van der Waals surface area contributed by atoms with Gasteiger partial charge in [-0.1, -0.05) is 11.2 Å². The predicted octanol–water partition coefficient (Wildman–Crippen LogP) is 2.77. The van der Waals surface area contributed by atoms with E-state index in [1.807, 2.05) is 30.3 Å². The fraction of sp³-hybridized carbons (Fsp3) is 0.381. The molecule has 3 aromatic rings. The van der Waals surface area contributed by atoms with E-state index in [1.54, 1.807) is 20.4 Å². The molecule has 0 spiro atoms. The summed E-state index contributed by atoms with van der Waals surface area (Å²) in [6.45, 7) is 3.18. The zero-order valence-electron chi connectivity index (χ0n) is 16.6. The molecule has 3 heterocycles. The monoisotopic (exact) mass is 396 g/mol. The van der Waals surface area contributed by atoms with Gasteiger partial charge in [-0.3, -0.25) is 0 Å². The number of aryl methyl sites for hydroxylation is 2. The summed E-state index contributed by atoms with van der Waals surface area (Å²) in [5, 5.41) is 4.10. The molecular formula is C21H24N4O4. The quantitative estimate of drug-likeness (QED) is 0.603. The minimum absolute atomic E-state index is 0.549. The molecule has 0 atom stereocenters. The summed E-state index contributed by atoms with van der Waals surface area (Å²) in [7, 11) is 3.25. The molecule has 1 aromatic carbocycles. The Morgan fingerprint density at radius 1 is 1.00 bits per heavy atom. The summed E-state index contributed by atoms with van der Waals surface area (Å²) in [6.07, 6.45) is 3.19. The molecule has 0 radical (unpaired) electrons. The molecule has 29 heavy (non-hydrogen) atoms. The maximum absolute atomic E-state index is 5.42. The SMILES string of the molecule is COc1ccc(CCc2nc(-c3ccc(N4CCOCC4)nc3)no2)cc1OC. The topological polar surface area (TPSA) is 82.7 Å². The highest BCUT2D eigenvalue weighted by Gasteiger charge is 2.14. The van der Waals surface area contributed by atoms with Crippen molar-refractivity contribution in [1.29, 1.82) is 0 Å². The number of hydrogen-bond donors (Lipinski definition) is 0. The number of aromatic nitrogens is 3. The van der Waals surface area contributed by atoms with Gasteiger partial charge in [0.15, 0.2) is 11.5 Å². The smallest absolute Gasteiger partial charge is 0.227 e. The molecule has 8 heteroatoms. The van der Waals surface area contributed by atoms with Gasteiger partial charge in [-0.15, -0.1) is 0 Å². The zero-order valence-corrected chi connectivity index (χ0v) is 16.6. The number of benzene rings is 1. The van der Waals surface area contributed by atoms with Crippen molar-refractivity contribution >= 4 is 5.82 Å². The van der Waals surface area contributed by atoms with Crippen molar-refractivity contribution in [1.82, 2.24) is 15.1 Å². The first kappa shape index (κ1) is 19.2. The first-order valence-corrected chi connectivity index (χ1v) is 9.59. The number of rotatable bonds is 7. The summed E-state index contributed by atoms with van der Waals surface area (Å²) < 4.78 is 21.4. The van der Waals surface area contributed by atoms with E-state index in [9.17, 15) is 0 Å². The van der Waals surface area contributed by atoms with Gasteiger partial charge in [-0.2, -0.15) is 4.98 Å². The van der Waals surface area contributed by atoms with E-state index < -0.39 is 0 Å². The summed E-state index contributed by atoms with van der Waals surface area (Å²) in [4.78, 5) is 11.3. The van der Waals surface area contributed by atoms with Crippen LogP contribution in [0.5, 0.6) is 11.5 Å². The Morgan fingerprint density at radius 3 is 2.55 bits per heavy atom. The van der Waals surface area contributed by atoms with Crippen LogP contribution in [-0.4, -0.2) is 55.6 Å². The highest BCUT2D eigenvalue weighted by molar-refractivity contribution is 5.56. The Balaban J connectivity index is 1.39. The van der Waals surface area contributed by atoms with Crippen LogP contribution in [0.3, 0.4) is 0 Å². The van der Waals surface area contributed by atoms with E-state index in [0.717, 1.165) is 49.7 Å². The molecule has 1 fully saturated rings. The number of anilines is 1. The molecule has 4 rings (SSSR count). The second-order valence-electron chi connectivity index (χ2n) is 6.71. The molecule has 2 aromatic heterocycles. The van der Waals surface area contributed by atoms with Gasteiger partial charge in [-0.25, -0.2) is 4.98 Å². The Bertz CT molecular complexity index is 936. The van der Waals surface area contributed by atoms with Gasteiger partial charge in [0.05, 0.1) is 27.4 Å². The molecule has 0 bridgehead atoms. The molecule has 152 valence electrons. The minimum Gasteiger partial charge on any atom is -0.493 e. The lowest BCUT2D eigenvalue weighted by atomic mass is 10.1. The number of hydrogen-bond acceptors (Lipinski definition) is 8. The van der Waals surface area contributed by atoms with E-state index in [1.165, 1.54) is 0 Å². The summed E-state index contributed by atoms with van der Waals surface area (Å²) in [5.41, 5.74) is 1.95. The van der Waals surface area contributed by atoms with Crippen LogP contribution in [0.1, 0.15) is 11.5 Å². The lowest BCUT2D eigenvalue weighted by Gasteiger charge is -2.27. The second-order valence-corrected chi connectivity index (χ2v) is 6.71. The number of methoxy groups -OCH3 is 2. The predicted molar refractivity (Wildman–Crippen MR) is 108 cm³/mol. The summed E-state index contributed by atoms with van der Waals surface area (Å²) in [6, 6.07) is 9.83. The Morgan fingerprint density at radius 2 is 1.83 bits per heavy atom. The Labute approximate surface area is 169 Å². The van der Waals surface area contributed by atoms with Crippen LogP contribution in [0, 0.1) is 0 Å². The van der Waals surface area contributed by atoms with Gasteiger partial charge in [0.2, 0.25) is 11.7 Å². The third kappa shape index (κ3) is 4.48. The fourth-order valence-corrected chi connectivity index (χ4v) is 3.26. The van der Waals surface area contributed by atoms with Crippen LogP contribution in [0.15, 0.2) is 41.1 Å². The Kier molecular flexibility index (Phi) is 5.90. The minimum atomic E-state index is 0.549. The lowest BCUT2D eigenvalue weighted by Crippen LogP contribution is -2.36. The Hall–Kier alpha value is -3.13. The molecule has 0 N–H and O–H groups in total. The van der Waals surface area contributed by atoms with Crippen molar-refractivity contribution in [2.75, 3.05) is 45.4 Å². The molecule has 0 saturated carbocycles. The van der Waals surface area contributed by atoms with Gasteiger partial charge in [0.25, 0.3) is 0 Å². The number of pyridine rings is 1. The third-order valence-electron chi connectivity index (χ3n) is 4.88. The van der Waals surface area contributed by atoms with E-state index in [0.29, 0.717) is 29.6 Å². The molecule has 0 unspecified atom stereocenters. The van der Waals surface area contributed by atoms with Crippen LogP contribution in [0.25, 0.3) is 11.4 Å². The van der Waals surface area contributed by atoms with Crippen molar-refractivity contribution in [3.8, 4) is 22.9 Å². The zero-order chi connectivity index (χ0) is 20.1. The third-order valence-corrected chi connectivity index (χ3v) is 4.88. The number of ether oxygens (including phenoxy) is 3. The molecular weight excluding hydrogens is 372 g/mol. The van der Waals surface area contributed by atoms with Gasteiger partial charge in [0.1, 0.15) is 5.82 Å². The van der Waals surface area contributed by atoms with Crippen molar-refractivity contribution < 1.29 is 18.7 Å². The van der Waals surface area contributed by atoms with Crippen LogP contribution < -0.4 is 14.4 Å². The lowest BCUT2D eigenvalue weighted by molar-refractivity contribution is 0.122. The normalized spacial score (nSPS) is 14.1. The molecule has 1 aliphatic heterocycles. The van der Waals surface area contributed by atoms with Gasteiger partial charge in [-0.05, 0) is 36.2 Å². The van der Waals surface area contributed by atoms with Gasteiger partial charge in [0, 0.05) is 31.3 Å². The van der Waals surface area contributed by atoms with E-state index in [4.69, 9.17) is 18.7 Å². The van der Waals surface area contributed by atoms with Crippen molar-refractivity contribution in [3.63, 3.8) is 0 Å². The highest BCUT2D eigenvalue weighted by Crippen LogP contribution is 2.28. The van der Waals surface area contributed by atoms with E-state index in [2.05, 4.69) is 20.0 Å². The molecule has 1 aliphatic rings. The summed E-state index contributed by atoms with van der Waals surface area (Å²) in [5.74, 6) is 3.50. The first-order valence-electron chi connectivity index (χ1n) is 9.59. The van der Waals surface area contributed by atoms with Gasteiger partial charge < -0.3 is 23.6 Å². The largest absolute Gasteiger partial charge is 0.493 e. The van der Waals surface area contributed by atoms with Crippen LogP contribution >= 0.6 is 0 Å². The first-order chi connectivity index (χ1) is 14.3. The standard InChI is InChI=1S/C21H24N4O4/c1-26-17-6-3-15(13-18(17)27-2)4-8-20-23-21(24-29-20)16-5-7-19(22-14-16)25-9-11-28-12-10-25/h3,5-7,13-14H,4,8-12H2,1-2H3. The second kappa shape index (κ2) is 8.91. The average Bonchev–Trinajstić information content (AvgIpc) is 3.27. The van der Waals surface area contributed by atoms with Gasteiger partial charge >= 0.3 is 0 Å². The van der Waals surface area contributed by atoms with Crippen LogP contribution in [0.4, 0.5) is 5.82 Å². The molecule has 0 aliphatic carbocycles. The number of morpholine rings is 1. The summed E-state index contributed by atoms with van der Waals surface area (Å²) >= 11 is 0. The van der Waals surface area contributed by atoms with E-state index >= 15 is 0 Å². The fourth-order valence-electron chi connectivity index (χ4n) is 3.26. The van der Waals surface area contributed by atoms with E-state index in [-0.39, 0.29) is 0 Å². The molecule has 1 saturated heterocycles.